The van der Waals surface area contributed by atoms with Crippen LogP contribution >= 0.6 is 0 Å². The van der Waals surface area contributed by atoms with E-state index in [-0.39, 0.29) is 6.04 Å². The molecule has 0 aliphatic heterocycles. The number of carbonyl (C=O) groups excluding carboxylic acids is 1. The second kappa shape index (κ2) is 5.63. The summed E-state index contributed by atoms with van der Waals surface area (Å²) >= 11 is 0. The van der Waals surface area contributed by atoms with Gasteiger partial charge in [-0.15, -0.1) is 0 Å². The van der Waals surface area contributed by atoms with Crippen LogP contribution in [0, 0.1) is 0 Å². The minimum Gasteiger partial charge on any atom is -0.468 e. The Bertz CT molecular complexity index is 339. The molecule has 5 nitrogen and oxygen atoms in total. The third-order valence-electron chi connectivity index (χ3n) is 2.93. The van der Waals surface area contributed by atoms with Crippen molar-refractivity contribution in [1.82, 2.24) is 5.32 Å². The molecular formula is C10H19NO4S. The van der Waals surface area contributed by atoms with Crippen molar-refractivity contribution in [2.75, 3.05) is 19.4 Å². The Hall–Kier alpha value is -0.620. The number of sulfone groups is 1. The topological polar surface area (TPSA) is 72.5 Å². The molecule has 1 aliphatic carbocycles. The Morgan fingerprint density at radius 2 is 2.12 bits per heavy atom. The van der Waals surface area contributed by atoms with E-state index < -0.39 is 26.8 Å². The van der Waals surface area contributed by atoms with Gasteiger partial charge in [0.25, 0.3) is 0 Å². The van der Waals surface area contributed by atoms with Gasteiger partial charge < -0.3 is 10.1 Å². The fourth-order valence-electron chi connectivity index (χ4n) is 2.18. The van der Waals surface area contributed by atoms with Gasteiger partial charge in [0.15, 0.2) is 9.84 Å². The number of methoxy groups -OCH3 is 1. The van der Waals surface area contributed by atoms with Gasteiger partial charge in [0, 0.05) is 6.04 Å². The van der Waals surface area contributed by atoms with Crippen molar-refractivity contribution in [3.63, 3.8) is 0 Å². The fourth-order valence-corrected chi connectivity index (χ4v) is 4.10. The molecule has 0 radical (unpaired) electrons. The van der Waals surface area contributed by atoms with Crippen LogP contribution in [-0.4, -0.2) is 45.1 Å². The maximum absolute atomic E-state index is 11.9. The van der Waals surface area contributed by atoms with E-state index in [4.69, 9.17) is 0 Å². The van der Waals surface area contributed by atoms with Crippen LogP contribution in [0.3, 0.4) is 0 Å². The second-order valence-corrected chi connectivity index (χ2v) is 6.24. The second-order valence-electron chi connectivity index (χ2n) is 4.02. The van der Waals surface area contributed by atoms with Gasteiger partial charge in [0.05, 0.1) is 12.4 Å². The Balaban J connectivity index is 2.70. The first-order chi connectivity index (χ1) is 7.51. The zero-order valence-electron chi connectivity index (χ0n) is 9.73. The summed E-state index contributed by atoms with van der Waals surface area (Å²) in [5, 5.41) is 2.72. The molecular weight excluding hydrogens is 230 g/mol. The summed E-state index contributed by atoms with van der Waals surface area (Å²) in [6.45, 7) is 2.69. The standard InChI is InChI=1S/C10H19NO4S/c1-3-11-8-5-4-6-9(8)16(13,14)7-10(12)15-2/h8-9,11H,3-7H2,1-2H3. The highest BCUT2D eigenvalue weighted by Gasteiger charge is 2.38. The molecule has 2 atom stereocenters. The van der Waals surface area contributed by atoms with E-state index in [1.165, 1.54) is 7.11 Å². The molecule has 1 rings (SSSR count). The van der Waals surface area contributed by atoms with Crippen LogP contribution in [0.4, 0.5) is 0 Å². The van der Waals surface area contributed by atoms with Crippen molar-refractivity contribution in [2.24, 2.45) is 0 Å². The molecule has 6 heteroatoms. The molecule has 1 fully saturated rings. The maximum atomic E-state index is 11.9. The molecule has 0 amide bonds. The summed E-state index contributed by atoms with van der Waals surface area (Å²) in [5.41, 5.74) is 0. The van der Waals surface area contributed by atoms with Crippen LogP contribution in [0.1, 0.15) is 26.2 Å². The molecule has 1 N–H and O–H groups in total. The van der Waals surface area contributed by atoms with Crippen molar-refractivity contribution in [2.45, 2.75) is 37.5 Å². The van der Waals surface area contributed by atoms with Crippen molar-refractivity contribution in [3.05, 3.63) is 0 Å². The smallest absolute Gasteiger partial charge is 0.320 e. The quantitative estimate of drug-likeness (QED) is 0.700. The zero-order valence-corrected chi connectivity index (χ0v) is 10.5. The van der Waals surface area contributed by atoms with Gasteiger partial charge in [-0.25, -0.2) is 8.42 Å². The van der Waals surface area contributed by atoms with Crippen molar-refractivity contribution in [1.29, 1.82) is 0 Å². The van der Waals surface area contributed by atoms with Crippen LogP contribution in [0.5, 0.6) is 0 Å². The van der Waals surface area contributed by atoms with E-state index >= 15 is 0 Å². The molecule has 0 bridgehead atoms. The summed E-state index contributed by atoms with van der Waals surface area (Å²) in [6.07, 6.45) is 2.39. The molecule has 0 aromatic carbocycles. The molecule has 94 valence electrons. The number of hydrogen-bond acceptors (Lipinski definition) is 5. The lowest BCUT2D eigenvalue weighted by molar-refractivity contribution is -0.137. The van der Waals surface area contributed by atoms with Gasteiger partial charge in [-0.05, 0) is 19.4 Å². The highest BCUT2D eigenvalue weighted by Crippen LogP contribution is 2.26. The first kappa shape index (κ1) is 13.4. The minimum atomic E-state index is -3.38. The van der Waals surface area contributed by atoms with E-state index in [0.717, 1.165) is 19.4 Å². The van der Waals surface area contributed by atoms with Gasteiger partial charge in [0.1, 0.15) is 5.75 Å². The van der Waals surface area contributed by atoms with Crippen LogP contribution in [-0.2, 0) is 19.4 Å². The Labute approximate surface area is 96.5 Å². The highest BCUT2D eigenvalue weighted by atomic mass is 32.2. The Kier molecular flexibility index (Phi) is 4.73. The molecule has 16 heavy (non-hydrogen) atoms. The molecule has 0 aromatic heterocycles. The third-order valence-corrected chi connectivity index (χ3v) is 5.05. The number of rotatable bonds is 5. The average molecular weight is 249 g/mol. The van der Waals surface area contributed by atoms with Crippen molar-refractivity contribution >= 4 is 15.8 Å². The summed E-state index contributed by atoms with van der Waals surface area (Å²) in [5.74, 6) is -1.18. The van der Waals surface area contributed by atoms with Crippen molar-refractivity contribution < 1.29 is 17.9 Å². The summed E-state index contributed by atoms with van der Waals surface area (Å²) < 4.78 is 28.3. The minimum absolute atomic E-state index is 0.0142. The molecule has 0 aromatic rings. The van der Waals surface area contributed by atoms with Gasteiger partial charge in [-0.1, -0.05) is 13.3 Å². The van der Waals surface area contributed by atoms with Crippen LogP contribution < -0.4 is 5.32 Å². The molecule has 0 spiro atoms. The number of ether oxygens (including phenoxy) is 1. The predicted molar refractivity (Wildman–Crippen MR) is 60.9 cm³/mol. The van der Waals surface area contributed by atoms with E-state index in [2.05, 4.69) is 10.1 Å². The van der Waals surface area contributed by atoms with E-state index in [1.54, 1.807) is 0 Å². The van der Waals surface area contributed by atoms with E-state index in [0.29, 0.717) is 6.42 Å². The largest absolute Gasteiger partial charge is 0.468 e. The monoisotopic (exact) mass is 249 g/mol. The lowest BCUT2D eigenvalue weighted by atomic mass is 10.2. The first-order valence-electron chi connectivity index (χ1n) is 5.53. The number of carbonyl (C=O) groups is 1. The highest BCUT2D eigenvalue weighted by molar-refractivity contribution is 7.92. The van der Waals surface area contributed by atoms with E-state index in [9.17, 15) is 13.2 Å². The SMILES string of the molecule is CCNC1CCCC1S(=O)(=O)CC(=O)OC. The Morgan fingerprint density at radius 1 is 1.44 bits per heavy atom. The predicted octanol–water partition coefficient (Wildman–Crippen LogP) is 0.105. The van der Waals surface area contributed by atoms with Gasteiger partial charge in [-0.2, -0.15) is 0 Å². The summed E-state index contributed by atoms with van der Waals surface area (Å²) in [6, 6.07) is -0.0142. The number of nitrogens with one attached hydrogen (secondary N) is 1. The van der Waals surface area contributed by atoms with Crippen LogP contribution in [0.15, 0.2) is 0 Å². The fraction of sp³-hybridized carbons (Fsp3) is 0.900. The number of esters is 1. The van der Waals surface area contributed by atoms with Crippen molar-refractivity contribution in [3.8, 4) is 0 Å². The lowest BCUT2D eigenvalue weighted by Gasteiger charge is -2.19. The lowest BCUT2D eigenvalue weighted by Crippen LogP contribution is -2.42. The molecule has 1 aliphatic rings. The zero-order chi connectivity index (χ0) is 12.2. The average Bonchev–Trinajstić information content (AvgIpc) is 2.66. The summed E-state index contributed by atoms with van der Waals surface area (Å²) in [4.78, 5) is 11.0. The maximum Gasteiger partial charge on any atom is 0.320 e. The van der Waals surface area contributed by atoms with E-state index in [1.807, 2.05) is 6.92 Å². The normalized spacial score (nSPS) is 25.6. The third kappa shape index (κ3) is 3.18. The molecule has 0 heterocycles. The van der Waals surface area contributed by atoms with Crippen LogP contribution in [0.25, 0.3) is 0 Å². The molecule has 0 saturated heterocycles. The molecule has 2 unspecified atom stereocenters. The summed E-state index contributed by atoms with van der Waals surface area (Å²) in [7, 11) is -2.18. The van der Waals surface area contributed by atoms with Gasteiger partial charge >= 0.3 is 5.97 Å². The van der Waals surface area contributed by atoms with Gasteiger partial charge in [-0.3, -0.25) is 4.79 Å². The Morgan fingerprint density at radius 3 is 2.69 bits per heavy atom. The van der Waals surface area contributed by atoms with Crippen LogP contribution in [0.2, 0.25) is 0 Å². The van der Waals surface area contributed by atoms with Gasteiger partial charge in [0.2, 0.25) is 0 Å². The number of hydrogen-bond donors (Lipinski definition) is 1. The molecule has 1 saturated carbocycles. The first-order valence-corrected chi connectivity index (χ1v) is 7.24.